The molecule has 0 aliphatic carbocycles. The van der Waals surface area contributed by atoms with Crippen LogP contribution in [-0.2, 0) is 0 Å². The molecule has 0 saturated heterocycles. The first-order valence-corrected chi connectivity index (χ1v) is 7.06. The van der Waals surface area contributed by atoms with Crippen LogP contribution in [-0.4, -0.2) is 10.1 Å². The standard InChI is InChI=1S/C16H16N4O2/c1-2-3-10-9-5-4-8(21)6-12(9)22-16-13(10)14(18)11(7-17)15(19)20-16/h4-6,10,21H,2-3H2,1H3,(H4,18,19,20). The van der Waals surface area contributed by atoms with Crippen molar-refractivity contribution in [2.45, 2.75) is 25.7 Å². The van der Waals surface area contributed by atoms with Gasteiger partial charge in [-0.1, -0.05) is 19.4 Å². The van der Waals surface area contributed by atoms with Crippen LogP contribution in [0.15, 0.2) is 18.2 Å². The van der Waals surface area contributed by atoms with E-state index in [9.17, 15) is 10.4 Å². The molecule has 0 saturated carbocycles. The highest BCUT2D eigenvalue weighted by Gasteiger charge is 2.32. The summed E-state index contributed by atoms with van der Waals surface area (Å²) in [7, 11) is 0. The van der Waals surface area contributed by atoms with Gasteiger partial charge >= 0.3 is 0 Å². The average molecular weight is 296 g/mol. The number of aromatic nitrogens is 1. The molecular formula is C16H16N4O2. The van der Waals surface area contributed by atoms with Gasteiger partial charge in [0.1, 0.15) is 28.9 Å². The van der Waals surface area contributed by atoms with Crippen LogP contribution in [0, 0.1) is 11.3 Å². The van der Waals surface area contributed by atoms with E-state index in [2.05, 4.69) is 11.9 Å². The van der Waals surface area contributed by atoms with Crippen molar-refractivity contribution in [1.29, 1.82) is 5.26 Å². The summed E-state index contributed by atoms with van der Waals surface area (Å²) in [6, 6.07) is 6.98. The predicted molar refractivity (Wildman–Crippen MR) is 82.7 cm³/mol. The zero-order valence-corrected chi connectivity index (χ0v) is 12.1. The number of hydrogen-bond donors (Lipinski definition) is 3. The van der Waals surface area contributed by atoms with E-state index in [1.165, 1.54) is 0 Å². The number of aromatic hydroxyl groups is 1. The van der Waals surface area contributed by atoms with Crippen molar-refractivity contribution in [2.24, 2.45) is 0 Å². The average Bonchev–Trinajstić information content (AvgIpc) is 2.46. The van der Waals surface area contributed by atoms with E-state index in [0.29, 0.717) is 22.9 Å². The number of nitrogen functional groups attached to an aromatic ring is 2. The van der Waals surface area contributed by atoms with Crippen LogP contribution in [0.3, 0.4) is 0 Å². The lowest BCUT2D eigenvalue weighted by atomic mass is 9.84. The zero-order valence-electron chi connectivity index (χ0n) is 12.1. The molecule has 1 unspecified atom stereocenters. The number of hydrogen-bond acceptors (Lipinski definition) is 6. The summed E-state index contributed by atoms with van der Waals surface area (Å²) in [6.45, 7) is 2.07. The van der Waals surface area contributed by atoms with Crippen molar-refractivity contribution in [2.75, 3.05) is 11.5 Å². The maximum atomic E-state index is 9.65. The highest BCUT2D eigenvalue weighted by atomic mass is 16.5. The highest BCUT2D eigenvalue weighted by Crippen LogP contribution is 2.49. The first-order chi connectivity index (χ1) is 10.6. The third-order valence-corrected chi connectivity index (χ3v) is 3.88. The van der Waals surface area contributed by atoms with Gasteiger partial charge in [-0.3, -0.25) is 0 Å². The van der Waals surface area contributed by atoms with Crippen LogP contribution in [0.5, 0.6) is 17.4 Å². The molecule has 0 amide bonds. The maximum Gasteiger partial charge on any atom is 0.227 e. The van der Waals surface area contributed by atoms with Gasteiger partial charge in [-0.25, -0.2) is 0 Å². The first kappa shape index (κ1) is 14.0. The van der Waals surface area contributed by atoms with Gasteiger partial charge in [0, 0.05) is 23.1 Å². The highest BCUT2D eigenvalue weighted by molar-refractivity contribution is 5.73. The van der Waals surface area contributed by atoms with Crippen molar-refractivity contribution in [3.63, 3.8) is 0 Å². The fraction of sp³-hybridized carbons (Fsp3) is 0.250. The molecule has 1 aliphatic rings. The molecule has 1 aliphatic heterocycles. The number of benzene rings is 1. The topological polar surface area (TPSA) is 118 Å². The Morgan fingerprint density at radius 3 is 2.86 bits per heavy atom. The van der Waals surface area contributed by atoms with Crippen LogP contribution in [0.2, 0.25) is 0 Å². The van der Waals surface area contributed by atoms with E-state index in [1.54, 1.807) is 12.1 Å². The number of nitrogens with two attached hydrogens (primary N) is 2. The Kier molecular flexibility index (Phi) is 3.26. The van der Waals surface area contributed by atoms with E-state index in [0.717, 1.165) is 18.4 Å². The Morgan fingerprint density at radius 1 is 1.41 bits per heavy atom. The normalized spacial score (nSPS) is 15.4. The van der Waals surface area contributed by atoms with Gasteiger partial charge < -0.3 is 21.3 Å². The summed E-state index contributed by atoms with van der Waals surface area (Å²) < 4.78 is 5.76. The fourth-order valence-electron chi connectivity index (χ4n) is 2.89. The number of fused-ring (bicyclic) bond motifs is 2. The van der Waals surface area contributed by atoms with Crippen molar-refractivity contribution in [3.05, 3.63) is 34.9 Å². The Hall–Kier alpha value is -2.94. The molecule has 0 radical (unpaired) electrons. The summed E-state index contributed by atoms with van der Waals surface area (Å²) in [6.07, 6.45) is 1.75. The van der Waals surface area contributed by atoms with Crippen LogP contribution >= 0.6 is 0 Å². The molecule has 3 rings (SSSR count). The van der Waals surface area contributed by atoms with Crippen molar-refractivity contribution in [3.8, 4) is 23.4 Å². The molecule has 6 heteroatoms. The number of phenols is 1. The molecule has 1 aromatic heterocycles. The third-order valence-electron chi connectivity index (χ3n) is 3.88. The van der Waals surface area contributed by atoms with Crippen molar-refractivity contribution < 1.29 is 9.84 Å². The van der Waals surface area contributed by atoms with Gasteiger partial charge in [0.05, 0.1) is 5.69 Å². The van der Waals surface area contributed by atoms with Crippen LogP contribution in [0.4, 0.5) is 11.5 Å². The number of ether oxygens (including phenoxy) is 1. The number of anilines is 2. The van der Waals surface area contributed by atoms with E-state index < -0.39 is 0 Å². The maximum absolute atomic E-state index is 9.65. The van der Waals surface area contributed by atoms with Gasteiger partial charge in [0.25, 0.3) is 0 Å². The van der Waals surface area contributed by atoms with E-state index >= 15 is 0 Å². The van der Waals surface area contributed by atoms with E-state index in [-0.39, 0.29) is 23.0 Å². The number of rotatable bonds is 2. The zero-order chi connectivity index (χ0) is 15.9. The molecule has 6 nitrogen and oxygen atoms in total. The molecule has 2 aromatic rings. The number of phenolic OH excluding ortho intramolecular Hbond substituents is 1. The minimum atomic E-state index is -0.0375. The summed E-state index contributed by atoms with van der Waals surface area (Å²) in [5, 5.41) is 18.9. The second-order valence-corrected chi connectivity index (χ2v) is 5.28. The molecule has 22 heavy (non-hydrogen) atoms. The van der Waals surface area contributed by atoms with Gasteiger partial charge in [-0.05, 0) is 12.5 Å². The Balaban J connectivity index is 2.26. The second-order valence-electron chi connectivity index (χ2n) is 5.28. The fourth-order valence-corrected chi connectivity index (χ4v) is 2.89. The summed E-state index contributed by atoms with van der Waals surface area (Å²) in [5.41, 5.74) is 14.1. The van der Waals surface area contributed by atoms with Crippen molar-refractivity contribution >= 4 is 11.5 Å². The SMILES string of the molecule is CCCC1c2ccc(O)cc2Oc2nc(N)c(C#N)c(N)c21. The van der Waals surface area contributed by atoms with Crippen molar-refractivity contribution in [1.82, 2.24) is 4.98 Å². The molecule has 1 atom stereocenters. The van der Waals surface area contributed by atoms with Gasteiger partial charge in [-0.2, -0.15) is 10.2 Å². The lowest BCUT2D eigenvalue weighted by molar-refractivity contribution is 0.415. The van der Waals surface area contributed by atoms with Crippen LogP contribution < -0.4 is 16.2 Å². The Bertz CT molecular complexity index is 796. The van der Waals surface area contributed by atoms with Gasteiger partial charge in [0.15, 0.2) is 0 Å². The molecule has 2 heterocycles. The lowest BCUT2D eigenvalue weighted by Gasteiger charge is -2.29. The molecule has 112 valence electrons. The summed E-state index contributed by atoms with van der Waals surface area (Å²) in [5.74, 6) is 0.988. The quantitative estimate of drug-likeness (QED) is 0.784. The molecule has 0 fully saturated rings. The minimum absolute atomic E-state index is 0.0375. The summed E-state index contributed by atoms with van der Waals surface area (Å²) >= 11 is 0. The first-order valence-electron chi connectivity index (χ1n) is 7.06. The molecule has 1 aromatic carbocycles. The van der Waals surface area contributed by atoms with E-state index in [4.69, 9.17) is 16.2 Å². The molecular weight excluding hydrogens is 280 g/mol. The number of nitriles is 1. The summed E-state index contributed by atoms with van der Waals surface area (Å²) in [4.78, 5) is 4.18. The van der Waals surface area contributed by atoms with Crippen LogP contribution in [0.1, 0.15) is 42.4 Å². The molecule has 0 spiro atoms. The van der Waals surface area contributed by atoms with Gasteiger partial charge in [-0.15, -0.1) is 0 Å². The molecule has 0 bridgehead atoms. The number of nitrogens with zero attached hydrogens (tertiary/aromatic N) is 2. The van der Waals surface area contributed by atoms with Gasteiger partial charge in [0.2, 0.25) is 5.88 Å². The minimum Gasteiger partial charge on any atom is -0.508 e. The monoisotopic (exact) mass is 296 g/mol. The largest absolute Gasteiger partial charge is 0.508 e. The lowest BCUT2D eigenvalue weighted by Crippen LogP contribution is -2.16. The number of pyridine rings is 1. The Labute approximate surface area is 128 Å². The Morgan fingerprint density at radius 2 is 2.18 bits per heavy atom. The second kappa shape index (κ2) is 5.11. The molecule has 5 N–H and O–H groups in total. The predicted octanol–water partition coefficient (Wildman–Crippen LogP) is 2.86. The van der Waals surface area contributed by atoms with Crippen LogP contribution in [0.25, 0.3) is 0 Å². The van der Waals surface area contributed by atoms with E-state index in [1.807, 2.05) is 12.1 Å². The third kappa shape index (κ3) is 1.99. The smallest absolute Gasteiger partial charge is 0.227 e.